The van der Waals surface area contributed by atoms with E-state index in [4.69, 9.17) is 18.8 Å². The lowest BCUT2D eigenvalue weighted by atomic mass is 10.0. The lowest BCUT2D eigenvalue weighted by molar-refractivity contribution is 0.619. The van der Waals surface area contributed by atoms with Gasteiger partial charge in [0.15, 0.2) is 11.2 Å². The molecule has 0 aliphatic heterocycles. The number of benzene rings is 7. The van der Waals surface area contributed by atoms with Crippen LogP contribution in [0.5, 0.6) is 0 Å². The standard InChI is InChI=1S/C42H25N3O2/c1-2-8-28-23-29(14-13-26(28)7-1)27-15-19-32(20-16-27)45-37-24-30(41-43-35-9-3-5-11-39(35)46-41)17-21-33(37)34-22-18-31(25-38(34)45)42-44-36-10-4-6-12-40(36)47-42/h1-25H. The zero-order valence-corrected chi connectivity index (χ0v) is 25.1. The van der Waals surface area contributed by atoms with E-state index < -0.39 is 0 Å². The largest absolute Gasteiger partial charge is 0.436 e. The first-order valence-electron chi connectivity index (χ1n) is 15.6. The van der Waals surface area contributed by atoms with E-state index in [0.717, 1.165) is 60.8 Å². The lowest BCUT2D eigenvalue weighted by Crippen LogP contribution is -1.94. The molecule has 47 heavy (non-hydrogen) atoms. The van der Waals surface area contributed by atoms with Gasteiger partial charge in [0.05, 0.1) is 11.0 Å². The Morgan fingerprint density at radius 1 is 0.404 bits per heavy atom. The van der Waals surface area contributed by atoms with Gasteiger partial charge in [-0.25, -0.2) is 9.97 Å². The van der Waals surface area contributed by atoms with Gasteiger partial charge in [0, 0.05) is 27.6 Å². The molecule has 0 aliphatic rings. The molecule has 220 valence electrons. The molecule has 0 fully saturated rings. The van der Waals surface area contributed by atoms with Gasteiger partial charge in [-0.3, -0.25) is 0 Å². The minimum atomic E-state index is 0.601. The second-order valence-electron chi connectivity index (χ2n) is 11.9. The first-order valence-corrected chi connectivity index (χ1v) is 15.6. The summed E-state index contributed by atoms with van der Waals surface area (Å²) in [6, 6.07) is 52.5. The predicted molar refractivity (Wildman–Crippen MR) is 190 cm³/mol. The van der Waals surface area contributed by atoms with Gasteiger partial charge < -0.3 is 13.4 Å². The molecular formula is C42H25N3O2. The minimum absolute atomic E-state index is 0.601. The van der Waals surface area contributed by atoms with Crippen LogP contribution >= 0.6 is 0 Å². The van der Waals surface area contributed by atoms with E-state index in [-0.39, 0.29) is 0 Å². The number of nitrogens with zero attached hydrogens (tertiary/aromatic N) is 3. The van der Waals surface area contributed by atoms with Crippen molar-refractivity contribution in [1.29, 1.82) is 0 Å². The molecule has 0 N–H and O–H groups in total. The van der Waals surface area contributed by atoms with Crippen LogP contribution < -0.4 is 0 Å². The molecule has 0 saturated heterocycles. The maximum absolute atomic E-state index is 6.18. The second kappa shape index (κ2) is 10.0. The number of fused-ring (bicyclic) bond motifs is 6. The van der Waals surface area contributed by atoms with Crippen molar-refractivity contribution in [2.75, 3.05) is 0 Å². The fourth-order valence-corrected chi connectivity index (χ4v) is 6.73. The van der Waals surface area contributed by atoms with Gasteiger partial charge in [0.25, 0.3) is 0 Å². The zero-order chi connectivity index (χ0) is 30.9. The summed E-state index contributed by atoms with van der Waals surface area (Å²) < 4.78 is 14.7. The van der Waals surface area contributed by atoms with Crippen LogP contribution in [0, 0.1) is 0 Å². The molecule has 5 nitrogen and oxygen atoms in total. The third kappa shape index (κ3) is 4.17. The van der Waals surface area contributed by atoms with E-state index in [9.17, 15) is 0 Å². The molecule has 3 heterocycles. The molecular weight excluding hydrogens is 578 g/mol. The van der Waals surface area contributed by atoms with E-state index in [2.05, 4.69) is 108 Å². The van der Waals surface area contributed by atoms with E-state index in [1.807, 2.05) is 48.5 Å². The number of rotatable bonds is 4. The van der Waals surface area contributed by atoms with E-state index in [1.165, 1.54) is 21.9 Å². The molecule has 7 aromatic carbocycles. The zero-order valence-electron chi connectivity index (χ0n) is 25.1. The summed E-state index contributed by atoms with van der Waals surface area (Å²) in [7, 11) is 0. The van der Waals surface area contributed by atoms with Crippen molar-refractivity contribution in [3.63, 3.8) is 0 Å². The van der Waals surface area contributed by atoms with Crippen molar-refractivity contribution >= 4 is 54.8 Å². The number of oxazole rings is 2. The van der Waals surface area contributed by atoms with Gasteiger partial charge in [-0.15, -0.1) is 0 Å². The molecule has 0 bridgehead atoms. The first kappa shape index (κ1) is 25.8. The number of hydrogen-bond acceptors (Lipinski definition) is 4. The van der Waals surface area contributed by atoms with Crippen LogP contribution in [0.2, 0.25) is 0 Å². The molecule has 10 rings (SSSR count). The van der Waals surface area contributed by atoms with Gasteiger partial charge >= 0.3 is 0 Å². The highest BCUT2D eigenvalue weighted by Gasteiger charge is 2.18. The van der Waals surface area contributed by atoms with Crippen molar-refractivity contribution in [3.8, 4) is 39.7 Å². The van der Waals surface area contributed by atoms with Crippen LogP contribution in [0.1, 0.15) is 0 Å². The summed E-state index contributed by atoms with van der Waals surface area (Å²) >= 11 is 0. The highest BCUT2D eigenvalue weighted by Crippen LogP contribution is 2.38. The quantitative estimate of drug-likeness (QED) is 0.201. The maximum atomic E-state index is 6.18. The molecule has 0 saturated carbocycles. The summed E-state index contributed by atoms with van der Waals surface area (Å²) in [6.07, 6.45) is 0. The van der Waals surface area contributed by atoms with Crippen LogP contribution in [0.4, 0.5) is 0 Å². The van der Waals surface area contributed by atoms with Gasteiger partial charge in [-0.05, 0) is 88.6 Å². The van der Waals surface area contributed by atoms with Crippen molar-refractivity contribution in [1.82, 2.24) is 14.5 Å². The summed E-state index contributed by atoms with van der Waals surface area (Å²) in [5.74, 6) is 1.20. The molecule has 0 unspecified atom stereocenters. The molecule has 0 radical (unpaired) electrons. The fourth-order valence-electron chi connectivity index (χ4n) is 6.73. The summed E-state index contributed by atoms with van der Waals surface area (Å²) in [6.45, 7) is 0. The van der Waals surface area contributed by atoms with Crippen LogP contribution in [-0.4, -0.2) is 14.5 Å². The number of aromatic nitrogens is 3. The monoisotopic (exact) mass is 603 g/mol. The second-order valence-corrected chi connectivity index (χ2v) is 11.9. The van der Waals surface area contributed by atoms with E-state index in [1.54, 1.807) is 0 Å². The third-order valence-corrected chi connectivity index (χ3v) is 9.06. The Morgan fingerprint density at radius 2 is 0.915 bits per heavy atom. The van der Waals surface area contributed by atoms with E-state index >= 15 is 0 Å². The van der Waals surface area contributed by atoms with Crippen LogP contribution in [0.25, 0.3) is 94.5 Å². The minimum Gasteiger partial charge on any atom is -0.436 e. The molecule has 5 heteroatoms. The maximum Gasteiger partial charge on any atom is 0.227 e. The summed E-state index contributed by atoms with van der Waals surface area (Å²) in [4.78, 5) is 9.58. The Kier molecular flexibility index (Phi) is 5.51. The smallest absolute Gasteiger partial charge is 0.227 e. The number of hydrogen-bond donors (Lipinski definition) is 0. The van der Waals surface area contributed by atoms with Crippen molar-refractivity contribution in [2.24, 2.45) is 0 Å². The molecule has 10 aromatic rings. The van der Waals surface area contributed by atoms with Crippen LogP contribution in [0.3, 0.4) is 0 Å². The summed E-state index contributed by atoms with van der Waals surface area (Å²) in [5.41, 5.74) is 10.6. The lowest BCUT2D eigenvalue weighted by Gasteiger charge is -2.11. The Hall–Kier alpha value is -6.46. The van der Waals surface area contributed by atoms with Crippen LogP contribution in [-0.2, 0) is 0 Å². The normalized spacial score (nSPS) is 11.8. The Bertz CT molecular complexity index is 2600. The third-order valence-electron chi connectivity index (χ3n) is 9.06. The summed E-state index contributed by atoms with van der Waals surface area (Å²) in [5, 5.41) is 4.75. The number of para-hydroxylation sites is 4. The van der Waals surface area contributed by atoms with Gasteiger partial charge in [-0.2, -0.15) is 0 Å². The molecule has 0 atom stereocenters. The van der Waals surface area contributed by atoms with Crippen LogP contribution in [0.15, 0.2) is 160 Å². The Labute approximate surface area is 269 Å². The highest BCUT2D eigenvalue weighted by molar-refractivity contribution is 6.11. The molecule has 0 aliphatic carbocycles. The van der Waals surface area contributed by atoms with E-state index in [0.29, 0.717) is 11.8 Å². The first-order chi connectivity index (χ1) is 23.2. The van der Waals surface area contributed by atoms with Gasteiger partial charge in [0.2, 0.25) is 11.8 Å². The molecule has 0 amide bonds. The average Bonchev–Trinajstić information content (AvgIpc) is 3.85. The van der Waals surface area contributed by atoms with Crippen molar-refractivity contribution < 1.29 is 8.83 Å². The van der Waals surface area contributed by atoms with Crippen molar-refractivity contribution in [3.05, 3.63) is 152 Å². The predicted octanol–water partition coefficient (Wildman–Crippen LogP) is 11.2. The van der Waals surface area contributed by atoms with Crippen molar-refractivity contribution in [2.45, 2.75) is 0 Å². The molecule has 3 aromatic heterocycles. The highest BCUT2D eigenvalue weighted by atomic mass is 16.4. The Balaban J connectivity index is 1.17. The topological polar surface area (TPSA) is 57.0 Å². The SMILES string of the molecule is c1ccc2cc(-c3ccc(-n4c5cc(-c6nc7ccccc7o6)ccc5c5ccc(-c6nc7ccccc7o6)cc54)cc3)ccc2c1. The fraction of sp³-hybridized carbons (Fsp3) is 0. The molecule has 0 spiro atoms. The average molecular weight is 604 g/mol. The Morgan fingerprint density at radius 3 is 1.51 bits per heavy atom. The van der Waals surface area contributed by atoms with Gasteiger partial charge in [-0.1, -0.05) is 84.9 Å². The van der Waals surface area contributed by atoms with Gasteiger partial charge in [0.1, 0.15) is 11.0 Å².